The Morgan fingerprint density at radius 1 is 1.28 bits per heavy atom. The first-order valence-electron chi connectivity index (χ1n) is 9.93. The highest BCUT2D eigenvalue weighted by atomic mass is 32.1. The number of carbonyl (C=O) groups excluding carboxylic acids is 2. The van der Waals surface area contributed by atoms with Crippen molar-refractivity contribution in [1.82, 2.24) is 15.4 Å². The molecule has 1 aromatic heterocycles. The molecule has 2 amide bonds. The van der Waals surface area contributed by atoms with Gasteiger partial charge in [-0.3, -0.25) is 20.5 Å². The molecule has 170 valence electrons. The third-order valence-electron chi connectivity index (χ3n) is 3.98. The van der Waals surface area contributed by atoms with Crippen LogP contribution < -0.4 is 10.8 Å². The van der Waals surface area contributed by atoms with E-state index in [2.05, 4.69) is 22.4 Å². The van der Waals surface area contributed by atoms with Crippen LogP contribution in [-0.4, -0.2) is 34.3 Å². The maximum absolute atomic E-state index is 12.6. The molecule has 32 heavy (non-hydrogen) atoms. The number of hydroxylamine groups is 1. The molecule has 0 aliphatic carbocycles. The van der Waals surface area contributed by atoms with E-state index in [9.17, 15) is 9.59 Å². The second-order valence-electron chi connectivity index (χ2n) is 7.83. The zero-order chi connectivity index (χ0) is 23.1. The van der Waals surface area contributed by atoms with Crippen LogP contribution in [0, 0.1) is 0 Å². The quantitative estimate of drug-likeness (QED) is 0.354. The van der Waals surface area contributed by atoms with Crippen molar-refractivity contribution in [2.24, 2.45) is 0 Å². The molecule has 3 rings (SSSR count). The van der Waals surface area contributed by atoms with Gasteiger partial charge in [-0.15, -0.1) is 6.58 Å². The van der Waals surface area contributed by atoms with Crippen molar-refractivity contribution in [3.63, 3.8) is 0 Å². The fourth-order valence-electron chi connectivity index (χ4n) is 2.68. The lowest BCUT2D eigenvalue weighted by molar-refractivity contribution is 0.0314. The van der Waals surface area contributed by atoms with E-state index in [1.165, 1.54) is 16.2 Å². The number of aromatic nitrogens is 1. The van der Waals surface area contributed by atoms with E-state index in [1.54, 1.807) is 33.0 Å². The number of fused-ring (bicyclic) bond motifs is 1. The van der Waals surface area contributed by atoms with Gasteiger partial charge in [0.05, 0.1) is 29.4 Å². The summed E-state index contributed by atoms with van der Waals surface area (Å²) >= 11 is 1.24. The summed E-state index contributed by atoms with van der Waals surface area (Å²) < 4.78 is 10.7. The molecule has 0 bridgehead atoms. The summed E-state index contributed by atoms with van der Waals surface area (Å²) in [5.74, 6) is 0. The van der Waals surface area contributed by atoms with Gasteiger partial charge in [-0.2, -0.15) is 0 Å². The van der Waals surface area contributed by atoms with Crippen LogP contribution in [0.15, 0.2) is 49.2 Å². The van der Waals surface area contributed by atoms with E-state index in [0.717, 1.165) is 10.4 Å². The summed E-state index contributed by atoms with van der Waals surface area (Å²) in [4.78, 5) is 36.7. The molecule has 0 radical (unpaired) electrons. The molecule has 2 heterocycles. The maximum atomic E-state index is 12.6. The molecule has 0 fully saturated rings. The predicted octanol–water partition coefficient (Wildman–Crippen LogP) is 4.65. The average molecular weight is 459 g/mol. The first kappa shape index (κ1) is 23.3. The van der Waals surface area contributed by atoms with E-state index in [-0.39, 0.29) is 19.8 Å². The number of hydrogen-bond acceptors (Lipinski definition) is 8. The summed E-state index contributed by atoms with van der Waals surface area (Å²) in [7, 11) is 0. The maximum Gasteiger partial charge on any atom is 0.414 e. The van der Waals surface area contributed by atoms with Gasteiger partial charge in [-0.05, 0) is 26.3 Å². The third kappa shape index (κ3) is 6.56. The summed E-state index contributed by atoms with van der Waals surface area (Å²) in [5.41, 5.74) is 4.15. The molecule has 0 saturated heterocycles. The van der Waals surface area contributed by atoms with Crippen LogP contribution in [0.1, 0.15) is 36.9 Å². The van der Waals surface area contributed by atoms with Crippen molar-refractivity contribution in [3.05, 3.63) is 65.3 Å². The van der Waals surface area contributed by atoms with Crippen LogP contribution >= 0.6 is 11.3 Å². The van der Waals surface area contributed by atoms with Crippen LogP contribution in [-0.2, 0) is 27.5 Å². The number of thiazole rings is 1. The Balaban J connectivity index is 1.71. The highest BCUT2D eigenvalue weighted by molar-refractivity contribution is 7.16. The molecule has 9 nitrogen and oxygen atoms in total. The van der Waals surface area contributed by atoms with Gasteiger partial charge in [0.2, 0.25) is 0 Å². The van der Waals surface area contributed by atoms with Gasteiger partial charge in [0.15, 0.2) is 5.13 Å². The Hall–Kier alpha value is -3.37. The second kappa shape index (κ2) is 10.3. The average Bonchev–Trinajstić information content (AvgIpc) is 3.14. The number of carbonyl (C=O) groups is 2. The van der Waals surface area contributed by atoms with Gasteiger partial charge in [-0.1, -0.05) is 47.7 Å². The number of benzene rings is 1. The molecule has 0 spiro atoms. The highest BCUT2D eigenvalue weighted by Crippen LogP contribution is 2.33. The number of nitrogens with one attached hydrogen (secondary N) is 2. The number of ether oxygens (including phenoxy) is 2. The van der Waals surface area contributed by atoms with Crippen molar-refractivity contribution >= 4 is 34.4 Å². The van der Waals surface area contributed by atoms with Crippen LogP contribution in [0.3, 0.4) is 0 Å². The molecule has 1 aliphatic heterocycles. The Bertz CT molecular complexity index is 997. The monoisotopic (exact) mass is 458 g/mol. The van der Waals surface area contributed by atoms with Crippen LogP contribution in [0.5, 0.6) is 0 Å². The van der Waals surface area contributed by atoms with Crippen molar-refractivity contribution in [3.8, 4) is 0 Å². The van der Waals surface area contributed by atoms with Gasteiger partial charge < -0.3 is 9.47 Å². The van der Waals surface area contributed by atoms with Crippen LogP contribution in [0.4, 0.5) is 14.7 Å². The fraction of sp³-hybridized carbons (Fsp3) is 0.318. The highest BCUT2D eigenvalue weighted by Gasteiger charge is 2.29. The number of amides is 2. The van der Waals surface area contributed by atoms with Crippen molar-refractivity contribution in [2.75, 3.05) is 11.9 Å². The largest absolute Gasteiger partial charge is 0.444 e. The van der Waals surface area contributed by atoms with E-state index in [0.29, 0.717) is 16.5 Å². The van der Waals surface area contributed by atoms with Crippen LogP contribution in [0.2, 0.25) is 0 Å². The molecule has 1 aliphatic rings. The van der Waals surface area contributed by atoms with E-state index in [1.807, 2.05) is 30.3 Å². The minimum Gasteiger partial charge on any atom is -0.444 e. The standard InChI is InChI=1S/C22H26N4O5S/c1-5-11-30-25-17-13-26(21(28)31-22(2,3)4)12-16-18(17)32-19(23-16)24-20(27)29-14-15-9-7-6-8-10-15/h5-10,13,25H,1,11-12,14H2,2-4H3,(H,23,24,27). The molecule has 0 unspecified atom stereocenters. The Labute approximate surface area is 190 Å². The summed E-state index contributed by atoms with van der Waals surface area (Å²) in [6, 6.07) is 9.37. The van der Waals surface area contributed by atoms with Crippen molar-refractivity contribution in [2.45, 2.75) is 39.5 Å². The minimum absolute atomic E-state index is 0.145. The van der Waals surface area contributed by atoms with Crippen molar-refractivity contribution < 1.29 is 23.9 Å². The summed E-state index contributed by atoms with van der Waals surface area (Å²) in [6.45, 7) is 9.58. The SMILES string of the molecule is C=CCONC1=CN(C(=O)OC(C)(C)C)Cc2nc(NC(=O)OCc3ccccc3)sc21. The predicted molar refractivity (Wildman–Crippen MR) is 121 cm³/mol. The molecule has 2 aromatic rings. The van der Waals surface area contributed by atoms with E-state index < -0.39 is 17.8 Å². The van der Waals surface area contributed by atoms with Gasteiger partial charge >= 0.3 is 12.2 Å². The number of hydrogen-bond donors (Lipinski definition) is 2. The van der Waals surface area contributed by atoms with Gasteiger partial charge in [0, 0.05) is 6.20 Å². The third-order valence-corrected chi connectivity index (χ3v) is 5.03. The Morgan fingerprint density at radius 2 is 2.03 bits per heavy atom. The molecule has 10 heteroatoms. The lowest BCUT2D eigenvalue weighted by Gasteiger charge is -2.28. The molecular weight excluding hydrogens is 432 g/mol. The molecule has 1 aromatic carbocycles. The van der Waals surface area contributed by atoms with Crippen LogP contribution in [0.25, 0.3) is 5.70 Å². The normalized spacial score (nSPS) is 13.0. The van der Waals surface area contributed by atoms with Gasteiger partial charge in [-0.25, -0.2) is 14.6 Å². The molecule has 0 saturated carbocycles. The van der Waals surface area contributed by atoms with Gasteiger partial charge in [0.25, 0.3) is 0 Å². The minimum atomic E-state index is -0.643. The second-order valence-corrected chi connectivity index (χ2v) is 8.83. The van der Waals surface area contributed by atoms with Crippen molar-refractivity contribution in [1.29, 1.82) is 0 Å². The summed E-state index contributed by atoms with van der Waals surface area (Å²) in [5, 5.41) is 2.98. The first-order valence-corrected chi connectivity index (χ1v) is 10.7. The Kier molecular flexibility index (Phi) is 7.49. The smallest absolute Gasteiger partial charge is 0.414 e. The van der Waals surface area contributed by atoms with Gasteiger partial charge in [0.1, 0.15) is 12.2 Å². The Morgan fingerprint density at radius 3 is 2.72 bits per heavy atom. The fourth-order valence-corrected chi connectivity index (χ4v) is 3.60. The molecular formula is C22H26N4O5S. The number of nitrogens with zero attached hydrogens (tertiary/aromatic N) is 2. The number of rotatable bonds is 7. The summed E-state index contributed by atoms with van der Waals surface area (Å²) in [6.07, 6.45) is 2.04. The zero-order valence-electron chi connectivity index (χ0n) is 18.2. The van der Waals surface area contributed by atoms with E-state index in [4.69, 9.17) is 14.3 Å². The van der Waals surface area contributed by atoms with E-state index >= 15 is 0 Å². The topological polar surface area (TPSA) is 102 Å². The first-order chi connectivity index (χ1) is 15.2. The molecule has 0 atom stereocenters. The molecule has 2 N–H and O–H groups in total. The lowest BCUT2D eigenvalue weighted by atomic mass is 10.2. The number of anilines is 1. The lowest BCUT2D eigenvalue weighted by Crippen LogP contribution is -2.36. The zero-order valence-corrected chi connectivity index (χ0v) is 19.0.